The number of nitrogens with one attached hydrogen (secondary N) is 1. The molecule has 0 aliphatic rings. The van der Waals surface area contributed by atoms with E-state index < -0.39 is 5.56 Å². The molecule has 0 aliphatic heterocycles. The van der Waals surface area contributed by atoms with E-state index in [9.17, 15) is 4.79 Å². The molecular formula is C14H13N3O2. The standard InChI is InChI=1S/C14H13N3O2/c1-8-5-9(3-4-12(8)19-2)10-6-13(16)17-14(18)11(10)7-15/h3-6H,1-2H3,(H3,16,17,18). The number of aromatic amines is 1. The molecular weight excluding hydrogens is 242 g/mol. The van der Waals surface area contributed by atoms with E-state index in [4.69, 9.17) is 15.7 Å². The van der Waals surface area contributed by atoms with Gasteiger partial charge in [-0.15, -0.1) is 0 Å². The lowest BCUT2D eigenvalue weighted by atomic mass is 10.00. The normalized spacial score (nSPS) is 9.95. The smallest absolute Gasteiger partial charge is 0.268 e. The summed E-state index contributed by atoms with van der Waals surface area (Å²) in [5.41, 5.74) is 7.40. The summed E-state index contributed by atoms with van der Waals surface area (Å²) in [5.74, 6) is 0.979. The fourth-order valence-corrected chi connectivity index (χ4v) is 1.96. The van der Waals surface area contributed by atoms with Crippen molar-refractivity contribution in [3.8, 4) is 22.9 Å². The van der Waals surface area contributed by atoms with E-state index in [0.29, 0.717) is 5.56 Å². The van der Waals surface area contributed by atoms with E-state index in [0.717, 1.165) is 16.9 Å². The molecule has 5 nitrogen and oxygen atoms in total. The third kappa shape index (κ3) is 2.29. The Morgan fingerprint density at radius 2 is 2.11 bits per heavy atom. The summed E-state index contributed by atoms with van der Waals surface area (Å²) in [4.78, 5) is 14.1. The molecule has 96 valence electrons. The summed E-state index contributed by atoms with van der Waals surface area (Å²) < 4.78 is 5.18. The van der Waals surface area contributed by atoms with Gasteiger partial charge in [0.1, 0.15) is 23.2 Å². The first kappa shape index (κ1) is 12.7. The second-order valence-electron chi connectivity index (χ2n) is 4.14. The highest BCUT2D eigenvalue weighted by molar-refractivity contribution is 5.73. The van der Waals surface area contributed by atoms with Crippen molar-refractivity contribution in [2.45, 2.75) is 6.92 Å². The van der Waals surface area contributed by atoms with Crippen molar-refractivity contribution in [3.63, 3.8) is 0 Å². The fraction of sp³-hybridized carbons (Fsp3) is 0.143. The van der Waals surface area contributed by atoms with E-state index in [1.165, 1.54) is 0 Å². The molecule has 1 aromatic heterocycles. The fourth-order valence-electron chi connectivity index (χ4n) is 1.96. The number of rotatable bonds is 2. The quantitative estimate of drug-likeness (QED) is 0.856. The average Bonchev–Trinajstić information content (AvgIpc) is 2.37. The lowest BCUT2D eigenvalue weighted by Crippen LogP contribution is -2.13. The number of ether oxygens (including phenoxy) is 1. The molecule has 0 spiro atoms. The highest BCUT2D eigenvalue weighted by atomic mass is 16.5. The Kier molecular flexibility index (Phi) is 3.25. The van der Waals surface area contributed by atoms with Gasteiger partial charge in [0.15, 0.2) is 0 Å². The molecule has 2 rings (SSSR count). The van der Waals surface area contributed by atoms with Gasteiger partial charge in [-0.3, -0.25) is 4.79 Å². The van der Waals surface area contributed by atoms with Crippen LogP contribution in [0.4, 0.5) is 5.82 Å². The predicted molar refractivity (Wildman–Crippen MR) is 72.9 cm³/mol. The zero-order valence-electron chi connectivity index (χ0n) is 10.7. The minimum absolute atomic E-state index is 0.0544. The van der Waals surface area contributed by atoms with Crippen LogP contribution in [0.25, 0.3) is 11.1 Å². The average molecular weight is 255 g/mol. The molecule has 0 bridgehead atoms. The third-order valence-electron chi connectivity index (χ3n) is 2.87. The minimum atomic E-state index is -0.481. The van der Waals surface area contributed by atoms with Crippen LogP contribution >= 0.6 is 0 Å². The van der Waals surface area contributed by atoms with Crippen LogP contribution in [0.15, 0.2) is 29.1 Å². The summed E-state index contributed by atoms with van der Waals surface area (Å²) in [6.07, 6.45) is 0. The number of aryl methyl sites for hydroxylation is 1. The number of benzene rings is 1. The predicted octanol–water partition coefficient (Wildman–Crippen LogP) is 1.81. The summed E-state index contributed by atoms with van der Waals surface area (Å²) >= 11 is 0. The number of hydrogen-bond acceptors (Lipinski definition) is 4. The van der Waals surface area contributed by atoms with E-state index >= 15 is 0 Å². The van der Waals surface area contributed by atoms with Crippen LogP contribution in [-0.2, 0) is 0 Å². The lowest BCUT2D eigenvalue weighted by Gasteiger charge is -2.09. The summed E-state index contributed by atoms with van der Waals surface area (Å²) in [6, 6.07) is 8.93. The minimum Gasteiger partial charge on any atom is -0.496 e. The first-order chi connectivity index (χ1) is 9.06. The highest BCUT2D eigenvalue weighted by Gasteiger charge is 2.11. The number of pyridine rings is 1. The van der Waals surface area contributed by atoms with Crippen molar-refractivity contribution in [3.05, 3.63) is 45.7 Å². The van der Waals surface area contributed by atoms with Crippen molar-refractivity contribution >= 4 is 5.82 Å². The van der Waals surface area contributed by atoms with Crippen LogP contribution in [0.5, 0.6) is 5.75 Å². The highest BCUT2D eigenvalue weighted by Crippen LogP contribution is 2.27. The molecule has 19 heavy (non-hydrogen) atoms. The zero-order chi connectivity index (χ0) is 14.0. The molecule has 1 aromatic carbocycles. The number of nitrogens with two attached hydrogens (primary N) is 1. The Morgan fingerprint density at radius 1 is 1.37 bits per heavy atom. The first-order valence-electron chi connectivity index (χ1n) is 5.64. The third-order valence-corrected chi connectivity index (χ3v) is 2.87. The molecule has 0 saturated heterocycles. The molecule has 1 heterocycles. The van der Waals surface area contributed by atoms with Gasteiger partial charge in [-0.05, 0) is 36.2 Å². The number of nitrogen functional groups attached to an aromatic ring is 1. The molecule has 5 heteroatoms. The number of nitrogens with zero attached hydrogens (tertiary/aromatic N) is 1. The molecule has 0 atom stereocenters. The summed E-state index contributed by atoms with van der Waals surface area (Å²) in [7, 11) is 1.59. The maximum absolute atomic E-state index is 11.7. The zero-order valence-corrected chi connectivity index (χ0v) is 10.7. The summed E-state index contributed by atoms with van der Waals surface area (Å²) in [5, 5.41) is 9.09. The van der Waals surface area contributed by atoms with Crippen molar-refractivity contribution < 1.29 is 4.74 Å². The molecule has 2 aromatic rings. The van der Waals surface area contributed by atoms with Gasteiger partial charge in [-0.2, -0.15) is 5.26 Å². The van der Waals surface area contributed by atoms with Crippen LogP contribution in [0.3, 0.4) is 0 Å². The SMILES string of the molecule is COc1ccc(-c2cc(N)[nH]c(=O)c2C#N)cc1C. The van der Waals surface area contributed by atoms with Crippen LogP contribution in [-0.4, -0.2) is 12.1 Å². The maximum Gasteiger partial charge on any atom is 0.268 e. The second kappa shape index (κ2) is 4.86. The largest absolute Gasteiger partial charge is 0.496 e. The number of methoxy groups -OCH3 is 1. The number of hydrogen-bond donors (Lipinski definition) is 2. The van der Waals surface area contributed by atoms with Crippen molar-refractivity contribution in [1.82, 2.24) is 4.98 Å². The Hall–Kier alpha value is -2.74. The topological polar surface area (TPSA) is 91.9 Å². The molecule has 0 radical (unpaired) electrons. The van der Waals surface area contributed by atoms with Gasteiger partial charge in [0.25, 0.3) is 5.56 Å². The Bertz CT molecular complexity index is 726. The van der Waals surface area contributed by atoms with Gasteiger partial charge in [0.2, 0.25) is 0 Å². The second-order valence-corrected chi connectivity index (χ2v) is 4.14. The van der Waals surface area contributed by atoms with Gasteiger partial charge in [-0.1, -0.05) is 6.07 Å². The van der Waals surface area contributed by atoms with Gasteiger partial charge < -0.3 is 15.5 Å². The molecule has 0 fully saturated rings. The van der Waals surface area contributed by atoms with Crippen LogP contribution < -0.4 is 16.0 Å². The van der Waals surface area contributed by atoms with Crippen LogP contribution in [0, 0.1) is 18.3 Å². The molecule has 0 saturated carbocycles. The molecule has 0 amide bonds. The Morgan fingerprint density at radius 3 is 2.68 bits per heavy atom. The molecule has 3 N–H and O–H groups in total. The molecule has 0 aliphatic carbocycles. The van der Waals surface area contributed by atoms with Crippen LogP contribution in [0.1, 0.15) is 11.1 Å². The van der Waals surface area contributed by atoms with Gasteiger partial charge in [0.05, 0.1) is 7.11 Å². The van der Waals surface area contributed by atoms with Crippen molar-refractivity contribution in [2.75, 3.05) is 12.8 Å². The maximum atomic E-state index is 11.7. The van der Waals surface area contributed by atoms with E-state index in [1.54, 1.807) is 25.3 Å². The van der Waals surface area contributed by atoms with Crippen molar-refractivity contribution in [2.24, 2.45) is 0 Å². The monoisotopic (exact) mass is 255 g/mol. The van der Waals surface area contributed by atoms with Gasteiger partial charge >= 0.3 is 0 Å². The van der Waals surface area contributed by atoms with Crippen molar-refractivity contribution in [1.29, 1.82) is 5.26 Å². The Labute approximate surface area is 110 Å². The first-order valence-corrected chi connectivity index (χ1v) is 5.64. The number of anilines is 1. The van der Waals surface area contributed by atoms with E-state index in [1.807, 2.05) is 19.1 Å². The number of nitriles is 1. The van der Waals surface area contributed by atoms with Gasteiger partial charge in [0, 0.05) is 5.56 Å². The van der Waals surface area contributed by atoms with E-state index in [2.05, 4.69) is 4.98 Å². The van der Waals surface area contributed by atoms with Gasteiger partial charge in [-0.25, -0.2) is 0 Å². The Balaban J connectivity index is 2.69. The van der Waals surface area contributed by atoms with E-state index in [-0.39, 0.29) is 11.4 Å². The number of H-pyrrole nitrogens is 1. The number of aromatic nitrogens is 1. The summed E-state index contributed by atoms with van der Waals surface area (Å²) in [6.45, 7) is 1.89. The molecule has 0 unspecified atom stereocenters. The van der Waals surface area contributed by atoms with Crippen LogP contribution in [0.2, 0.25) is 0 Å². The lowest BCUT2D eigenvalue weighted by molar-refractivity contribution is 0.412.